The van der Waals surface area contributed by atoms with Crippen LogP contribution < -0.4 is 5.32 Å². The molecule has 1 fully saturated rings. The van der Waals surface area contributed by atoms with E-state index in [9.17, 15) is 13.2 Å². The van der Waals surface area contributed by atoms with Gasteiger partial charge in [0.2, 0.25) is 0 Å². The van der Waals surface area contributed by atoms with Gasteiger partial charge < -0.3 is 10.1 Å². The molecule has 1 N–H and O–H groups in total. The van der Waals surface area contributed by atoms with E-state index in [-0.39, 0.29) is 17.8 Å². The Morgan fingerprint density at radius 3 is 2.56 bits per heavy atom. The van der Waals surface area contributed by atoms with Gasteiger partial charge in [0, 0.05) is 36.1 Å². The van der Waals surface area contributed by atoms with Gasteiger partial charge in [-0.1, -0.05) is 54.6 Å². The highest BCUT2D eigenvalue weighted by molar-refractivity contribution is 7.10. The van der Waals surface area contributed by atoms with E-state index in [0.29, 0.717) is 26.1 Å². The maximum absolute atomic E-state index is 14.0. The number of nitrogens with one attached hydrogen (secondary N) is 1. The van der Waals surface area contributed by atoms with Crippen LogP contribution in [0.2, 0.25) is 0 Å². The molecule has 1 aromatic heterocycles. The van der Waals surface area contributed by atoms with Crippen molar-refractivity contribution in [3.63, 3.8) is 0 Å². The van der Waals surface area contributed by atoms with Crippen LogP contribution in [0.4, 0.5) is 18.9 Å². The van der Waals surface area contributed by atoms with Crippen LogP contribution in [0.25, 0.3) is 16.1 Å². The molecule has 166 valence electrons. The Balaban J connectivity index is 1.62. The summed E-state index contributed by atoms with van der Waals surface area (Å²) in [5.41, 5.74) is 1.49. The number of halogens is 3. The highest BCUT2D eigenvalue weighted by Gasteiger charge is 2.44. The van der Waals surface area contributed by atoms with Gasteiger partial charge in [0.25, 0.3) is 0 Å². The summed E-state index contributed by atoms with van der Waals surface area (Å²) < 4.78 is 47.4. The first-order valence-corrected chi connectivity index (χ1v) is 11.2. The first-order valence-electron chi connectivity index (χ1n) is 10.3. The maximum Gasteiger partial charge on any atom is 0.407 e. The minimum Gasteiger partial charge on any atom is -0.381 e. The van der Waals surface area contributed by atoms with Crippen molar-refractivity contribution in [2.45, 2.75) is 30.5 Å². The lowest BCUT2D eigenvalue weighted by Gasteiger charge is -2.37. The molecule has 2 aromatic carbocycles. The predicted octanol–water partition coefficient (Wildman–Crippen LogP) is 6.30. The standard InChI is InChI=1S/C24H22F3N3OS/c1-28-19-9-5-8-18(14-19)21(24(25,26)27)29-16-23(10-12-31-13-11-23)22-30-20(15-32-22)17-6-3-2-4-7-17/h2-9,14-15,21,29H,10-13,16H2. The smallest absolute Gasteiger partial charge is 0.381 e. The van der Waals surface area contributed by atoms with Crippen molar-refractivity contribution in [1.82, 2.24) is 10.3 Å². The van der Waals surface area contributed by atoms with Gasteiger partial charge in [-0.2, -0.15) is 13.2 Å². The fourth-order valence-electron chi connectivity index (χ4n) is 3.98. The van der Waals surface area contributed by atoms with Gasteiger partial charge >= 0.3 is 6.18 Å². The average molecular weight is 458 g/mol. The van der Waals surface area contributed by atoms with Crippen LogP contribution in [0.3, 0.4) is 0 Å². The van der Waals surface area contributed by atoms with E-state index < -0.39 is 17.6 Å². The van der Waals surface area contributed by atoms with Gasteiger partial charge in [0.15, 0.2) is 5.69 Å². The zero-order valence-corrected chi connectivity index (χ0v) is 18.0. The molecule has 8 heteroatoms. The Kier molecular flexibility index (Phi) is 6.60. The van der Waals surface area contributed by atoms with Crippen LogP contribution in [-0.4, -0.2) is 30.9 Å². The molecule has 0 radical (unpaired) electrons. The Bertz CT molecular complexity index is 1090. The van der Waals surface area contributed by atoms with Gasteiger partial charge in [0.05, 0.1) is 12.3 Å². The molecule has 1 aliphatic heterocycles. The summed E-state index contributed by atoms with van der Waals surface area (Å²) >= 11 is 1.48. The molecule has 1 aliphatic rings. The summed E-state index contributed by atoms with van der Waals surface area (Å²) in [5.74, 6) is 0. The second-order valence-corrected chi connectivity index (χ2v) is 8.72. The van der Waals surface area contributed by atoms with Crippen LogP contribution in [0.5, 0.6) is 0 Å². The van der Waals surface area contributed by atoms with Crippen molar-refractivity contribution < 1.29 is 17.9 Å². The first-order chi connectivity index (χ1) is 15.4. The van der Waals surface area contributed by atoms with Crippen LogP contribution >= 0.6 is 11.3 Å². The minimum absolute atomic E-state index is 0.0392. The lowest BCUT2D eigenvalue weighted by Crippen LogP contribution is -2.46. The molecule has 3 aromatic rings. The third kappa shape index (κ3) is 4.85. The second kappa shape index (κ2) is 9.41. The Hall–Kier alpha value is -2.73. The number of ether oxygens (including phenoxy) is 1. The molecule has 32 heavy (non-hydrogen) atoms. The molecular formula is C24H22F3N3OS. The van der Waals surface area contributed by atoms with E-state index in [2.05, 4.69) is 10.2 Å². The van der Waals surface area contributed by atoms with Crippen molar-refractivity contribution in [1.29, 1.82) is 0 Å². The topological polar surface area (TPSA) is 38.5 Å². The van der Waals surface area contributed by atoms with Gasteiger partial charge in [-0.05, 0) is 18.4 Å². The lowest BCUT2D eigenvalue weighted by atomic mass is 9.80. The number of thiazole rings is 1. The molecule has 1 atom stereocenters. The fraction of sp³-hybridized carbons (Fsp3) is 0.333. The molecule has 2 heterocycles. The van der Waals surface area contributed by atoms with E-state index >= 15 is 0 Å². The van der Waals surface area contributed by atoms with Crippen molar-refractivity contribution in [2.24, 2.45) is 0 Å². The van der Waals surface area contributed by atoms with E-state index in [4.69, 9.17) is 16.3 Å². The first kappa shape index (κ1) is 22.5. The van der Waals surface area contributed by atoms with Gasteiger partial charge in [-0.3, -0.25) is 0 Å². The van der Waals surface area contributed by atoms with Crippen LogP contribution in [0, 0.1) is 6.57 Å². The number of hydrogen-bond donors (Lipinski definition) is 1. The molecule has 4 nitrogen and oxygen atoms in total. The average Bonchev–Trinajstić information content (AvgIpc) is 3.31. The Labute approximate surface area is 188 Å². The molecule has 0 amide bonds. The number of nitrogens with zero attached hydrogens (tertiary/aromatic N) is 2. The summed E-state index contributed by atoms with van der Waals surface area (Å²) in [6.45, 7) is 8.19. The monoisotopic (exact) mass is 457 g/mol. The van der Waals surface area contributed by atoms with Crippen LogP contribution in [0.1, 0.15) is 29.5 Å². The number of rotatable bonds is 6. The van der Waals surface area contributed by atoms with Gasteiger partial charge in [0.1, 0.15) is 11.0 Å². The number of benzene rings is 2. The Morgan fingerprint density at radius 1 is 1.12 bits per heavy atom. The highest BCUT2D eigenvalue weighted by atomic mass is 32.1. The maximum atomic E-state index is 14.0. The number of aromatic nitrogens is 1. The zero-order chi connectivity index (χ0) is 22.6. The van der Waals surface area contributed by atoms with Crippen molar-refractivity contribution in [2.75, 3.05) is 19.8 Å². The van der Waals surface area contributed by atoms with E-state index in [0.717, 1.165) is 16.3 Å². The summed E-state index contributed by atoms with van der Waals surface area (Å²) in [6.07, 6.45) is -3.31. The van der Waals surface area contributed by atoms with Gasteiger partial charge in [-0.15, -0.1) is 11.3 Å². The number of hydrogen-bond acceptors (Lipinski definition) is 4. The van der Waals surface area contributed by atoms with E-state index in [1.54, 1.807) is 0 Å². The second-order valence-electron chi connectivity index (χ2n) is 7.86. The third-order valence-electron chi connectivity index (χ3n) is 5.78. The van der Waals surface area contributed by atoms with Crippen molar-refractivity contribution in [3.05, 3.63) is 82.0 Å². The molecular weight excluding hydrogens is 435 g/mol. The predicted molar refractivity (Wildman–Crippen MR) is 119 cm³/mol. The van der Waals surface area contributed by atoms with Gasteiger partial charge in [-0.25, -0.2) is 9.83 Å². The third-order valence-corrected chi connectivity index (χ3v) is 6.87. The van der Waals surface area contributed by atoms with Crippen molar-refractivity contribution in [3.8, 4) is 11.3 Å². The van der Waals surface area contributed by atoms with Crippen molar-refractivity contribution >= 4 is 17.0 Å². The zero-order valence-electron chi connectivity index (χ0n) is 17.2. The summed E-state index contributed by atoms with van der Waals surface area (Å²) in [7, 11) is 0. The molecule has 0 aliphatic carbocycles. The molecule has 0 bridgehead atoms. The number of alkyl halides is 3. The molecule has 0 spiro atoms. The minimum atomic E-state index is -4.49. The normalized spacial score (nSPS) is 16.9. The van der Waals surface area contributed by atoms with E-state index in [1.165, 1.54) is 35.6 Å². The summed E-state index contributed by atoms with van der Waals surface area (Å²) in [4.78, 5) is 8.09. The SMILES string of the molecule is [C-]#[N+]c1cccc(C(NCC2(c3nc(-c4ccccc4)cs3)CCOCC2)C(F)(F)F)c1. The van der Waals surface area contributed by atoms with E-state index in [1.807, 2.05) is 35.7 Å². The lowest BCUT2D eigenvalue weighted by molar-refractivity contribution is -0.158. The molecule has 0 saturated carbocycles. The quantitative estimate of drug-likeness (QED) is 0.442. The summed E-state index contributed by atoms with van der Waals surface area (Å²) in [6, 6.07) is 13.6. The largest absolute Gasteiger partial charge is 0.407 e. The summed E-state index contributed by atoms with van der Waals surface area (Å²) in [5, 5.41) is 5.55. The Morgan fingerprint density at radius 2 is 1.88 bits per heavy atom. The molecule has 1 unspecified atom stereocenters. The fourth-order valence-corrected chi connectivity index (χ4v) is 5.07. The highest BCUT2D eigenvalue weighted by Crippen LogP contribution is 2.40. The molecule has 1 saturated heterocycles. The van der Waals surface area contributed by atoms with Crippen LogP contribution in [-0.2, 0) is 10.2 Å². The van der Waals surface area contributed by atoms with Crippen LogP contribution in [0.15, 0.2) is 60.0 Å². The molecule has 4 rings (SSSR count).